The minimum Gasteiger partial charge on any atom is -0.361 e. The number of hydrogen-bond acceptors (Lipinski definition) is 4. The van der Waals surface area contributed by atoms with Crippen LogP contribution in [0.3, 0.4) is 0 Å². The second-order valence-electron chi connectivity index (χ2n) is 8.07. The van der Waals surface area contributed by atoms with Crippen LogP contribution >= 0.6 is 0 Å². The fraction of sp³-hybridized carbons (Fsp3) is 0.250. The Morgan fingerprint density at radius 2 is 1.97 bits per heavy atom. The molecular weight excluding hydrogens is 408 g/mol. The number of anilines is 1. The molecule has 2 aromatic carbocycles. The van der Waals surface area contributed by atoms with Gasteiger partial charge in [-0.1, -0.05) is 6.07 Å². The van der Waals surface area contributed by atoms with Gasteiger partial charge in [0.1, 0.15) is 6.04 Å². The van der Waals surface area contributed by atoms with Crippen LogP contribution in [-0.4, -0.2) is 46.1 Å². The molecule has 1 unspecified atom stereocenters. The molecule has 162 valence electrons. The molecule has 8 heteroatoms. The van der Waals surface area contributed by atoms with E-state index in [2.05, 4.69) is 10.3 Å². The number of aromatic amines is 1. The molecular formula is C24H22N4O4. The summed E-state index contributed by atoms with van der Waals surface area (Å²) < 4.78 is 0. The lowest BCUT2D eigenvalue weighted by molar-refractivity contribution is -0.136. The Morgan fingerprint density at radius 1 is 1.12 bits per heavy atom. The molecule has 3 aromatic rings. The number of piperidine rings is 1. The summed E-state index contributed by atoms with van der Waals surface area (Å²) in [6.07, 6.45) is 2.37. The third-order valence-electron chi connectivity index (χ3n) is 6.19. The predicted octanol–water partition coefficient (Wildman–Crippen LogP) is 2.60. The topological polar surface area (TPSA) is 103 Å². The summed E-state index contributed by atoms with van der Waals surface area (Å²) in [6.45, 7) is 2.67. The molecule has 3 heterocycles. The Balaban J connectivity index is 1.41. The number of nitrogens with one attached hydrogen (secondary N) is 2. The first-order valence-electron chi connectivity index (χ1n) is 10.6. The number of aromatic nitrogens is 1. The van der Waals surface area contributed by atoms with E-state index in [-0.39, 0.29) is 30.7 Å². The molecule has 5 rings (SSSR count). The van der Waals surface area contributed by atoms with E-state index < -0.39 is 11.9 Å². The van der Waals surface area contributed by atoms with Crippen molar-refractivity contribution in [1.82, 2.24) is 15.2 Å². The first-order chi connectivity index (χ1) is 15.5. The fourth-order valence-electron chi connectivity index (χ4n) is 4.50. The van der Waals surface area contributed by atoms with Gasteiger partial charge in [-0.05, 0) is 55.3 Å². The van der Waals surface area contributed by atoms with Crippen molar-refractivity contribution < 1.29 is 19.2 Å². The zero-order chi connectivity index (χ0) is 22.4. The first kappa shape index (κ1) is 20.0. The summed E-state index contributed by atoms with van der Waals surface area (Å²) in [4.78, 5) is 56.3. The minimum absolute atomic E-state index is 0.197. The number of carbonyl (C=O) groups excluding carboxylic acids is 4. The number of H-pyrrole nitrogens is 1. The summed E-state index contributed by atoms with van der Waals surface area (Å²) >= 11 is 0. The maximum atomic E-state index is 13.3. The van der Waals surface area contributed by atoms with Gasteiger partial charge < -0.3 is 14.8 Å². The molecule has 32 heavy (non-hydrogen) atoms. The van der Waals surface area contributed by atoms with Crippen molar-refractivity contribution in [3.63, 3.8) is 0 Å². The zero-order valence-corrected chi connectivity index (χ0v) is 17.6. The van der Waals surface area contributed by atoms with Gasteiger partial charge >= 0.3 is 0 Å². The van der Waals surface area contributed by atoms with Crippen molar-refractivity contribution in [2.45, 2.75) is 32.4 Å². The van der Waals surface area contributed by atoms with Crippen molar-refractivity contribution >= 4 is 40.2 Å². The Hall–Kier alpha value is -3.94. The number of imide groups is 1. The van der Waals surface area contributed by atoms with Gasteiger partial charge in [-0.3, -0.25) is 24.5 Å². The van der Waals surface area contributed by atoms with Crippen molar-refractivity contribution in [3.8, 4) is 0 Å². The molecule has 2 aliphatic rings. The SMILES string of the molecule is CCN(C(=O)c1ccc2c(c1)C(=O)N(C1CCC(=O)NC1=O)C2)c1ccc2[nH]ccc2c1. The summed E-state index contributed by atoms with van der Waals surface area (Å²) in [5, 5.41) is 3.31. The summed E-state index contributed by atoms with van der Waals surface area (Å²) in [6, 6.07) is 12.2. The van der Waals surface area contributed by atoms with Crippen LogP contribution in [0.1, 0.15) is 46.0 Å². The molecule has 0 bridgehead atoms. The van der Waals surface area contributed by atoms with Gasteiger partial charge in [0.25, 0.3) is 11.8 Å². The summed E-state index contributed by atoms with van der Waals surface area (Å²) in [7, 11) is 0. The van der Waals surface area contributed by atoms with Gasteiger partial charge in [0.2, 0.25) is 11.8 Å². The van der Waals surface area contributed by atoms with Crippen LogP contribution in [-0.2, 0) is 16.1 Å². The molecule has 1 fully saturated rings. The number of rotatable bonds is 4. The average molecular weight is 430 g/mol. The van der Waals surface area contributed by atoms with Gasteiger partial charge in [0, 0.05) is 53.4 Å². The van der Waals surface area contributed by atoms with E-state index in [0.717, 1.165) is 22.2 Å². The Labute approximate surface area is 184 Å². The molecule has 2 N–H and O–H groups in total. The summed E-state index contributed by atoms with van der Waals surface area (Å²) in [5.41, 5.74) is 3.39. The highest BCUT2D eigenvalue weighted by Gasteiger charge is 2.39. The van der Waals surface area contributed by atoms with Crippen molar-refractivity contribution in [3.05, 3.63) is 65.4 Å². The van der Waals surface area contributed by atoms with Crippen LogP contribution in [0.2, 0.25) is 0 Å². The number of hydrogen-bond donors (Lipinski definition) is 2. The van der Waals surface area contributed by atoms with E-state index in [0.29, 0.717) is 24.1 Å². The second kappa shape index (κ2) is 7.64. The molecule has 1 atom stereocenters. The lowest BCUT2D eigenvalue weighted by Gasteiger charge is -2.29. The third kappa shape index (κ3) is 3.24. The van der Waals surface area contributed by atoms with Gasteiger partial charge in [0.15, 0.2) is 0 Å². The molecule has 1 aromatic heterocycles. The van der Waals surface area contributed by atoms with Crippen LogP contribution in [0.5, 0.6) is 0 Å². The van der Waals surface area contributed by atoms with Crippen LogP contribution in [0.15, 0.2) is 48.7 Å². The van der Waals surface area contributed by atoms with Gasteiger partial charge in [-0.25, -0.2) is 0 Å². The second-order valence-corrected chi connectivity index (χ2v) is 8.07. The highest BCUT2D eigenvalue weighted by Crippen LogP contribution is 2.29. The first-order valence-corrected chi connectivity index (χ1v) is 10.6. The number of carbonyl (C=O) groups is 4. The Bertz CT molecular complexity index is 1280. The highest BCUT2D eigenvalue weighted by atomic mass is 16.2. The lowest BCUT2D eigenvalue weighted by Crippen LogP contribution is -2.52. The standard InChI is InChI=1S/C24H22N4O4/c1-2-27(17-5-6-19-14(11-17)9-10-25-19)23(31)15-3-4-16-13-28(24(32)18(16)12-15)20-7-8-21(29)26-22(20)30/h3-6,9-12,20,25H,2,7-8,13H2,1H3,(H,26,29,30). The van der Waals surface area contributed by atoms with Gasteiger partial charge in [-0.15, -0.1) is 0 Å². The fourth-order valence-corrected chi connectivity index (χ4v) is 4.50. The molecule has 8 nitrogen and oxygen atoms in total. The van der Waals surface area contributed by atoms with Gasteiger partial charge in [-0.2, -0.15) is 0 Å². The van der Waals surface area contributed by atoms with Crippen molar-refractivity contribution in [2.24, 2.45) is 0 Å². The summed E-state index contributed by atoms with van der Waals surface area (Å²) in [5.74, 6) is -1.25. The molecule has 1 saturated heterocycles. The normalized spacial score (nSPS) is 18.1. The van der Waals surface area contributed by atoms with E-state index >= 15 is 0 Å². The Kier molecular flexibility index (Phi) is 4.77. The maximum Gasteiger partial charge on any atom is 0.258 e. The maximum absolute atomic E-state index is 13.3. The van der Waals surface area contributed by atoms with Crippen LogP contribution < -0.4 is 10.2 Å². The smallest absolute Gasteiger partial charge is 0.258 e. The number of amides is 4. The van der Waals surface area contributed by atoms with Crippen molar-refractivity contribution in [1.29, 1.82) is 0 Å². The monoisotopic (exact) mass is 430 g/mol. The van der Waals surface area contributed by atoms with E-state index in [9.17, 15) is 19.2 Å². The largest absolute Gasteiger partial charge is 0.361 e. The quantitative estimate of drug-likeness (QED) is 0.621. The zero-order valence-electron chi connectivity index (χ0n) is 17.6. The number of benzene rings is 2. The average Bonchev–Trinajstić information content (AvgIpc) is 3.38. The third-order valence-corrected chi connectivity index (χ3v) is 6.19. The van der Waals surface area contributed by atoms with E-state index in [4.69, 9.17) is 0 Å². The molecule has 0 radical (unpaired) electrons. The molecule has 0 saturated carbocycles. The Morgan fingerprint density at radius 3 is 2.75 bits per heavy atom. The van der Waals surface area contributed by atoms with Crippen molar-refractivity contribution in [2.75, 3.05) is 11.4 Å². The lowest BCUT2D eigenvalue weighted by atomic mass is 10.0. The van der Waals surface area contributed by atoms with Crippen LogP contribution in [0.25, 0.3) is 10.9 Å². The van der Waals surface area contributed by atoms with Crippen LogP contribution in [0.4, 0.5) is 5.69 Å². The van der Waals surface area contributed by atoms with E-state index in [1.54, 1.807) is 23.1 Å². The molecule has 0 spiro atoms. The highest BCUT2D eigenvalue weighted by molar-refractivity contribution is 6.10. The van der Waals surface area contributed by atoms with Crippen LogP contribution in [0, 0.1) is 0 Å². The van der Waals surface area contributed by atoms with Gasteiger partial charge in [0.05, 0.1) is 0 Å². The number of fused-ring (bicyclic) bond motifs is 2. The molecule has 2 aliphatic heterocycles. The predicted molar refractivity (Wildman–Crippen MR) is 118 cm³/mol. The van der Waals surface area contributed by atoms with E-state index in [1.807, 2.05) is 37.4 Å². The minimum atomic E-state index is -0.674. The number of nitrogens with zero attached hydrogens (tertiary/aromatic N) is 2. The molecule has 4 amide bonds. The molecule has 0 aliphatic carbocycles. The van der Waals surface area contributed by atoms with E-state index in [1.165, 1.54) is 4.90 Å².